The van der Waals surface area contributed by atoms with E-state index in [1.807, 2.05) is 0 Å². The van der Waals surface area contributed by atoms with Crippen LogP contribution in [0.1, 0.15) is 30.3 Å². The molecule has 0 fully saturated rings. The summed E-state index contributed by atoms with van der Waals surface area (Å²) in [6, 6.07) is 1.45. The van der Waals surface area contributed by atoms with Gasteiger partial charge in [0.05, 0.1) is 18.7 Å². The highest BCUT2D eigenvalue weighted by Gasteiger charge is 2.19. The molecule has 0 aromatic carbocycles. The van der Waals surface area contributed by atoms with E-state index in [9.17, 15) is 13.6 Å². The van der Waals surface area contributed by atoms with Gasteiger partial charge >= 0.3 is 5.97 Å². The van der Waals surface area contributed by atoms with Crippen LogP contribution in [0.25, 0.3) is 0 Å². The van der Waals surface area contributed by atoms with Crippen LogP contribution in [0.2, 0.25) is 0 Å². The zero-order chi connectivity index (χ0) is 13.7. The Morgan fingerprint density at radius 1 is 1.61 bits per heavy atom. The third kappa shape index (κ3) is 3.88. The lowest BCUT2D eigenvalue weighted by atomic mass is 10.1. The van der Waals surface area contributed by atoms with Gasteiger partial charge in [-0.3, -0.25) is 4.79 Å². The molecule has 1 rings (SSSR count). The summed E-state index contributed by atoms with van der Waals surface area (Å²) >= 11 is 8.75. The maximum Gasteiger partial charge on any atom is 0.311 e. The number of hydrogen-bond acceptors (Lipinski definition) is 3. The lowest BCUT2D eigenvalue weighted by Gasteiger charge is -2.10. The van der Waals surface area contributed by atoms with Crippen LogP contribution in [-0.4, -0.2) is 17.6 Å². The average Bonchev–Trinajstić information content (AvgIpc) is 2.31. The van der Waals surface area contributed by atoms with Crippen LogP contribution in [0.15, 0.2) is 10.5 Å². The van der Waals surface area contributed by atoms with Gasteiger partial charge in [0.15, 0.2) is 0 Å². The van der Waals surface area contributed by atoms with Gasteiger partial charge in [0.2, 0.25) is 0 Å². The fraction of sp³-hybridized carbons (Fsp3) is 0.455. The quantitative estimate of drug-likeness (QED) is 0.606. The van der Waals surface area contributed by atoms with Crippen LogP contribution in [0.3, 0.4) is 0 Å². The Labute approximate surface area is 117 Å². The van der Waals surface area contributed by atoms with E-state index < -0.39 is 18.1 Å². The Balaban J connectivity index is 3.05. The smallest absolute Gasteiger partial charge is 0.311 e. The summed E-state index contributed by atoms with van der Waals surface area (Å²) < 4.78 is 30.7. The topological polar surface area (TPSA) is 39.2 Å². The molecular weight excluding hydrogens is 331 g/mol. The third-order valence-corrected chi connectivity index (χ3v) is 3.10. The highest BCUT2D eigenvalue weighted by Crippen LogP contribution is 2.27. The summed E-state index contributed by atoms with van der Waals surface area (Å²) in [7, 11) is 0. The SMILES string of the molecule is CCOC(=O)Cc1nc(C(F)F)c(CCl)cc1Br. The van der Waals surface area contributed by atoms with Crippen LogP contribution in [0.5, 0.6) is 0 Å². The van der Waals surface area contributed by atoms with Crippen molar-refractivity contribution in [2.75, 3.05) is 6.61 Å². The van der Waals surface area contributed by atoms with Gasteiger partial charge in [-0.05, 0) is 34.5 Å². The minimum absolute atomic E-state index is 0.0645. The first kappa shape index (κ1) is 15.3. The number of carbonyl (C=O) groups is 1. The number of alkyl halides is 3. The molecule has 1 aromatic rings. The molecule has 0 spiro atoms. The first-order chi connectivity index (χ1) is 8.49. The predicted molar refractivity (Wildman–Crippen MR) is 66.8 cm³/mol. The van der Waals surface area contributed by atoms with Crippen LogP contribution in [0, 0.1) is 0 Å². The Morgan fingerprint density at radius 3 is 2.78 bits per heavy atom. The van der Waals surface area contributed by atoms with Gasteiger partial charge in [0, 0.05) is 10.4 Å². The predicted octanol–water partition coefficient (Wildman–Crippen LogP) is 3.63. The van der Waals surface area contributed by atoms with Crippen LogP contribution in [-0.2, 0) is 21.8 Å². The second-order valence-electron chi connectivity index (χ2n) is 3.38. The van der Waals surface area contributed by atoms with Gasteiger partial charge in [0.25, 0.3) is 6.43 Å². The molecule has 0 radical (unpaired) electrons. The highest BCUT2D eigenvalue weighted by atomic mass is 79.9. The second-order valence-corrected chi connectivity index (χ2v) is 4.50. The molecule has 0 aliphatic rings. The molecule has 0 aliphatic carbocycles. The van der Waals surface area contributed by atoms with Crippen molar-refractivity contribution in [2.45, 2.75) is 25.7 Å². The minimum atomic E-state index is -2.73. The van der Waals surface area contributed by atoms with Crippen molar-refractivity contribution in [3.8, 4) is 0 Å². The summed E-state index contributed by atoms with van der Waals surface area (Å²) in [6.07, 6.45) is -2.88. The molecule has 0 atom stereocenters. The van der Waals surface area contributed by atoms with E-state index in [2.05, 4.69) is 20.9 Å². The maximum atomic E-state index is 12.8. The fourth-order valence-corrected chi connectivity index (χ4v) is 2.07. The van der Waals surface area contributed by atoms with E-state index in [0.29, 0.717) is 4.47 Å². The number of halogens is 4. The average molecular weight is 343 g/mol. The first-order valence-electron chi connectivity index (χ1n) is 5.17. The largest absolute Gasteiger partial charge is 0.466 e. The molecule has 1 aromatic heterocycles. The Kier molecular flexibility index (Phi) is 5.95. The standard InChI is InChI=1S/C11H11BrClF2NO2/c1-2-18-9(17)4-8-7(12)3-6(5-13)10(16-8)11(14)15/h3,11H,2,4-5H2,1H3. The minimum Gasteiger partial charge on any atom is -0.466 e. The molecule has 0 bridgehead atoms. The summed E-state index contributed by atoms with van der Waals surface area (Å²) in [6.45, 7) is 1.90. The number of nitrogens with zero attached hydrogens (tertiary/aromatic N) is 1. The zero-order valence-electron chi connectivity index (χ0n) is 9.55. The molecule has 0 aliphatic heterocycles. The number of pyridine rings is 1. The Hall–Kier alpha value is -0.750. The summed E-state index contributed by atoms with van der Waals surface area (Å²) in [5.74, 6) is -0.574. The molecule has 18 heavy (non-hydrogen) atoms. The van der Waals surface area contributed by atoms with Crippen molar-refractivity contribution in [2.24, 2.45) is 0 Å². The maximum absolute atomic E-state index is 12.8. The van der Waals surface area contributed by atoms with Gasteiger partial charge in [-0.15, -0.1) is 11.6 Å². The van der Waals surface area contributed by atoms with Crippen molar-refractivity contribution in [1.29, 1.82) is 0 Å². The molecule has 3 nitrogen and oxygen atoms in total. The number of carbonyl (C=O) groups excluding carboxylic acids is 1. The Morgan fingerprint density at radius 2 is 2.28 bits per heavy atom. The van der Waals surface area contributed by atoms with Crippen molar-refractivity contribution in [1.82, 2.24) is 4.98 Å². The molecule has 7 heteroatoms. The first-order valence-corrected chi connectivity index (χ1v) is 6.50. The van der Waals surface area contributed by atoms with Crippen LogP contribution in [0.4, 0.5) is 8.78 Å². The van der Waals surface area contributed by atoms with Crippen LogP contribution < -0.4 is 0 Å². The highest BCUT2D eigenvalue weighted by molar-refractivity contribution is 9.10. The Bertz CT molecular complexity index is 443. The van der Waals surface area contributed by atoms with Gasteiger partial charge in [0.1, 0.15) is 5.69 Å². The van der Waals surface area contributed by atoms with Crippen molar-refractivity contribution < 1.29 is 18.3 Å². The van der Waals surface area contributed by atoms with E-state index in [0.717, 1.165) is 0 Å². The van der Waals surface area contributed by atoms with Crippen molar-refractivity contribution in [3.05, 3.63) is 27.5 Å². The molecule has 0 N–H and O–H groups in total. The van der Waals surface area contributed by atoms with E-state index in [1.165, 1.54) is 6.07 Å². The third-order valence-electron chi connectivity index (χ3n) is 2.13. The molecule has 100 valence electrons. The second kappa shape index (κ2) is 6.99. The lowest BCUT2D eigenvalue weighted by Crippen LogP contribution is -2.11. The van der Waals surface area contributed by atoms with E-state index in [4.69, 9.17) is 16.3 Å². The number of hydrogen-bond donors (Lipinski definition) is 0. The van der Waals surface area contributed by atoms with Gasteiger partial charge in [-0.25, -0.2) is 13.8 Å². The molecule has 0 amide bonds. The summed E-state index contributed by atoms with van der Waals surface area (Å²) in [5, 5.41) is 0. The van der Waals surface area contributed by atoms with Gasteiger partial charge in [-0.2, -0.15) is 0 Å². The summed E-state index contributed by atoms with van der Waals surface area (Å²) in [5.41, 5.74) is 0.0660. The summed E-state index contributed by atoms with van der Waals surface area (Å²) in [4.78, 5) is 15.1. The number of ether oxygens (including phenoxy) is 1. The number of aromatic nitrogens is 1. The number of rotatable bonds is 5. The normalized spacial score (nSPS) is 10.8. The molecule has 0 saturated heterocycles. The van der Waals surface area contributed by atoms with Gasteiger partial charge < -0.3 is 4.74 Å². The molecule has 1 heterocycles. The fourth-order valence-electron chi connectivity index (χ4n) is 1.35. The van der Waals surface area contributed by atoms with Crippen molar-refractivity contribution >= 4 is 33.5 Å². The number of esters is 1. The van der Waals surface area contributed by atoms with Gasteiger partial charge in [-0.1, -0.05) is 0 Å². The van der Waals surface area contributed by atoms with Crippen LogP contribution >= 0.6 is 27.5 Å². The van der Waals surface area contributed by atoms with E-state index in [1.54, 1.807) is 6.92 Å². The zero-order valence-corrected chi connectivity index (χ0v) is 11.9. The van der Waals surface area contributed by atoms with E-state index in [-0.39, 0.29) is 30.2 Å². The monoisotopic (exact) mass is 341 g/mol. The van der Waals surface area contributed by atoms with E-state index >= 15 is 0 Å². The lowest BCUT2D eigenvalue weighted by molar-refractivity contribution is -0.142. The van der Waals surface area contributed by atoms with Crippen molar-refractivity contribution in [3.63, 3.8) is 0 Å². The molecule has 0 unspecified atom stereocenters. The molecular formula is C11H11BrClF2NO2. The molecule has 0 saturated carbocycles.